The van der Waals surface area contributed by atoms with E-state index in [1.54, 1.807) is 7.11 Å². The topological polar surface area (TPSA) is 38.5 Å². The van der Waals surface area contributed by atoms with Crippen LogP contribution in [0.4, 0.5) is 0 Å². The molecule has 0 saturated carbocycles. The Kier molecular flexibility index (Phi) is 4.44. The minimum absolute atomic E-state index is 0.0158. The van der Waals surface area contributed by atoms with E-state index < -0.39 is 0 Å². The van der Waals surface area contributed by atoms with Gasteiger partial charge in [-0.05, 0) is 36.6 Å². The van der Waals surface area contributed by atoms with Gasteiger partial charge in [0.2, 0.25) is 0 Å². The number of hydrogen-bond donors (Lipinski definition) is 0. The number of aromatic nitrogens is 1. The predicted molar refractivity (Wildman–Crippen MR) is 90.8 cm³/mol. The van der Waals surface area contributed by atoms with Crippen molar-refractivity contribution in [3.05, 3.63) is 47.3 Å². The fourth-order valence-corrected chi connectivity index (χ4v) is 3.09. The first-order valence-corrected chi connectivity index (χ1v) is 8.28. The molecule has 3 rings (SSSR count). The molecule has 1 aliphatic heterocycles. The second-order valence-corrected chi connectivity index (χ2v) is 7.43. The lowest BCUT2D eigenvalue weighted by molar-refractivity contribution is 0.296. The maximum absolute atomic E-state index is 5.49. The lowest BCUT2D eigenvalue weighted by atomic mass is 9.93. The Morgan fingerprint density at radius 2 is 2.00 bits per heavy atom. The van der Waals surface area contributed by atoms with E-state index in [1.807, 2.05) is 12.1 Å². The average Bonchev–Trinajstić information content (AvgIpc) is 3.17. The van der Waals surface area contributed by atoms with E-state index in [2.05, 4.69) is 49.0 Å². The molecule has 1 atom stereocenters. The summed E-state index contributed by atoms with van der Waals surface area (Å²) in [6.07, 6.45) is 1.19. The summed E-state index contributed by atoms with van der Waals surface area (Å²) in [4.78, 5) is 2.46. The molecule has 124 valence electrons. The number of likely N-dealkylation sites (tertiary alicyclic amines) is 1. The molecule has 0 N–H and O–H groups in total. The zero-order valence-corrected chi connectivity index (χ0v) is 14.5. The van der Waals surface area contributed by atoms with Gasteiger partial charge in [-0.3, -0.25) is 4.90 Å². The number of methoxy groups -OCH3 is 1. The fraction of sp³-hybridized carbons (Fsp3) is 0.526. The van der Waals surface area contributed by atoms with Crippen molar-refractivity contribution in [3.8, 4) is 5.75 Å². The van der Waals surface area contributed by atoms with E-state index in [-0.39, 0.29) is 5.41 Å². The van der Waals surface area contributed by atoms with Gasteiger partial charge in [-0.15, -0.1) is 0 Å². The molecule has 2 heterocycles. The Morgan fingerprint density at radius 1 is 1.26 bits per heavy atom. The van der Waals surface area contributed by atoms with E-state index in [4.69, 9.17) is 9.26 Å². The number of rotatable bonds is 4. The molecule has 0 amide bonds. The Balaban J connectivity index is 1.60. The molecule has 0 aliphatic carbocycles. The molecule has 1 fully saturated rings. The summed E-state index contributed by atoms with van der Waals surface area (Å²) in [5, 5.41) is 4.23. The Labute approximate surface area is 138 Å². The van der Waals surface area contributed by atoms with Gasteiger partial charge in [-0.25, -0.2) is 0 Å². The van der Waals surface area contributed by atoms with Crippen LogP contribution in [0, 0.1) is 0 Å². The zero-order valence-electron chi connectivity index (χ0n) is 14.5. The van der Waals surface area contributed by atoms with Gasteiger partial charge in [0.1, 0.15) is 11.5 Å². The minimum atomic E-state index is 0.0158. The Morgan fingerprint density at radius 3 is 2.61 bits per heavy atom. The maximum atomic E-state index is 5.49. The Hall–Kier alpha value is -1.81. The summed E-state index contributed by atoms with van der Waals surface area (Å²) in [5.41, 5.74) is 2.44. The summed E-state index contributed by atoms with van der Waals surface area (Å²) < 4.78 is 10.7. The van der Waals surface area contributed by atoms with E-state index in [9.17, 15) is 0 Å². The largest absolute Gasteiger partial charge is 0.497 e. The summed E-state index contributed by atoms with van der Waals surface area (Å²) in [6, 6.07) is 10.6. The Bertz CT molecular complexity index is 640. The van der Waals surface area contributed by atoms with Gasteiger partial charge in [-0.2, -0.15) is 0 Å². The molecule has 4 nitrogen and oxygen atoms in total. The monoisotopic (exact) mass is 314 g/mol. The van der Waals surface area contributed by atoms with Crippen molar-refractivity contribution < 1.29 is 9.26 Å². The van der Waals surface area contributed by atoms with Crippen LogP contribution in [0.1, 0.15) is 50.1 Å². The molecule has 0 spiro atoms. The van der Waals surface area contributed by atoms with Crippen LogP contribution in [0.15, 0.2) is 34.9 Å². The molecule has 1 unspecified atom stereocenters. The molecular formula is C19H26N2O2. The smallest absolute Gasteiger partial charge is 0.142 e. The summed E-state index contributed by atoms with van der Waals surface area (Å²) in [7, 11) is 1.70. The zero-order chi connectivity index (χ0) is 16.4. The molecule has 0 radical (unpaired) electrons. The normalized spacial score (nSPS) is 19.2. The average molecular weight is 314 g/mol. The third-order valence-electron chi connectivity index (χ3n) is 4.54. The quantitative estimate of drug-likeness (QED) is 0.856. The molecule has 1 saturated heterocycles. The van der Waals surface area contributed by atoms with Crippen LogP contribution in [0.3, 0.4) is 0 Å². The van der Waals surface area contributed by atoms with Gasteiger partial charge >= 0.3 is 0 Å². The first-order valence-electron chi connectivity index (χ1n) is 8.28. The summed E-state index contributed by atoms with van der Waals surface area (Å²) in [5.74, 6) is 2.47. The van der Waals surface area contributed by atoms with E-state index >= 15 is 0 Å². The van der Waals surface area contributed by atoms with Crippen molar-refractivity contribution in [2.45, 2.75) is 45.1 Å². The van der Waals surface area contributed by atoms with Crippen molar-refractivity contribution in [1.82, 2.24) is 10.1 Å². The number of ether oxygens (including phenoxy) is 1. The van der Waals surface area contributed by atoms with Crippen molar-refractivity contribution in [1.29, 1.82) is 0 Å². The van der Waals surface area contributed by atoms with E-state index in [0.717, 1.165) is 36.8 Å². The van der Waals surface area contributed by atoms with Gasteiger partial charge in [0, 0.05) is 24.6 Å². The molecule has 4 heteroatoms. The molecular weight excluding hydrogens is 288 g/mol. The van der Waals surface area contributed by atoms with Gasteiger partial charge in [-0.1, -0.05) is 38.1 Å². The maximum Gasteiger partial charge on any atom is 0.142 e. The van der Waals surface area contributed by atoms with Crippen molar-refractivity contribution in [2.24, 2.45) is 0 Å². The SMILES string of the molecule is COc1ccc(C2CCN(Cc3cc(C(C)(C)C)on3)C2)cc1. The number of nitrogens with zero attached hydrogens (tertiary/aromatic N) is 2. The first kappa shape index (κ1) is 16.1. The molecule has 23 heavy (non-hydrogen) atoms. The van der Waals surface area contributed by atoms with Crippen molar-refractivity contribution >= 4 is 0 Å². The minimum Gasteiger partial charge on any atom is -0.497 e. The third-order valence-corrected chi connectivity index (χ3v) is 4.54. The molecule has 1 aliphatic rings. The van der Waals surface area contributed by atoms with Crippen LogP contribution in [0.5, 0.6) is 5.75 Å². The highest BCUT2D eigenvalue weighted by molar-refractivity contribution is 5.30. The second kappa shape index (κ2) is 6.36. The first-order chi connectivity index (χ1) is 11.0. The highest BCUT2D eigenvalue weighted by Gasteiger charge is 2.26. The highest BCUT2D eigenvalue weighted by Crippen LogP contribution is 2.30. The molecule has 0 bridgehead atoms. The third kappa shape index (κ3) is 3.75. The highest BCUT2D eigenvalue weighted by atomic mass is 16.5. The van der Waals surface area contributed by atoms with Gasteiger partial charge in [0.05, 0.1) is 12.8 Å². The van der Waals surface area contributed by atoms with Gasteiger partial charge in [0.15, 0.2) is 0 Å². The van der Waals surface area contributed by atoms with Crippen LogP contribution in [0.25, 0.3) is 0 Å². The summed E-state index contributed by atoms with van der Waals surface area (Å²) in [6.45, 7) is 9.48. The fourth-order valence-electron chi connectivity index (χ4n) is 3.09. The molecule has 1 aromatic carbocycles. The van der Waals surface area contributed by atoms with Crippen LogP contribution in [0.2, 0.25) is 0 Å². The van der Waals surface area contributed by atoms with E-state index in [0.29, 0.717) is 5.92 Å². The molecule has 2 aromatic rings. The van der Waals surface area contributed by atoms with Crippen LogP contribution < -0.4 is 4.74 Å². The number of benzene rings is 1. The molecule has 1 aromatic heterocycles. The van der Waals surface area contributed by atoms with Crippen molar-refractivity contribution in [2.75, 3.05) is 20.2 Å². The summed E-state index contributed by atoms with van der Waals surface area (Å²) >= 11 is 0. The van der Waals surface area contributed by atoms with Crippen LogP contribution in [-0.4, -0.2) is 30.3 Å². The standard InChI is InChI=1S/C19H26N2O2/c1-19(2,3)18-11-16(20-23-18)13-21-10-9-15(12-21)14-5-7-17(22-4)8-6-14/h5-8,11,15H,9-10,12-13H2,1-4H3. The van der Waals surface area contributed by atoms with E-state index in [1.165, 1.54) is 12.0 Å². The van der Waals surface area contributed by atoms with Gasteiger partial charge < -0.3 is 9.26 Å². The van der Waals surface area contributed by atoms with Crippen LogP contribution in [-0.2, 0) is 12.0 Å². The van der Waals surface area contributed by atoms with Gasteiger partial charge in [0.25, 0.3) is 0 Å². The lowest BCUT2D eigenvalue weighted by Crippen LogP contribution is -2.20. The van der Waals surface area contributed by atoms with Crippen molar-refractivity contribution in [3.63, 3.8) is 0 Å². The second-order valence-electron chi connectivity index (χ2n) is 7.43. The predicted octanol–water partition coefficient (Wildman–Crippen LogP) is 3.97. The lowest BCUT2D eigenvalue weighted by Gasteiger charge is -2.15. The number of hydrogen-bond acceptors (Lipinski definition) is 4. The van der Waals surface area contributed by atoms with Crippen LogP contribution >= 0.6 is 0 Å².